The van der Waals surface area contributed by atoms with Gasteiger partial charge in [-0.15, -0.1) is 10.2 Å². The van der Waals surface area contributed by atoms with Gasteiger partial charge in [0, 0.05) is 12.7 Å². The van der Waals surface area contributed by atoms with Crippen molar-refractivity contribution in [2.45, 2.75) is 19.9 Å². The number of pyridine rings is 1. The minimum atomic E-state index is 0.164. The molecule has 3 aromatic rings. The molecule has 0 fully saturated rings. The van der Waals surface area contributed by atoms with Crippen LogP contribution in [0.2, 0.25) is 0 Å². The van der Waals surface area contributed by atoms with Crippen LogP contribution >= 0.6 is 11.3 Å². The molecule has 0 aromatic carbocycles. The minimum absolute atomic E-state index is 0.164. The van der Waals surface area contributed by atoms with Gasteiger partial charge < -0.3 is 9.73 Å². The van der Waals surface area contributed by atoms with Crippen LogP contribution in [0.1, 0.15) is 25.6 Å². The molecular formula is C17H21N5OS. The molecule has 0 saturated carbocycles. The zero-order valence-corrected chi connectivity index (χ0v) is 14.7. The van der Waals surface area contributed by atoms with Crippen molar-refractivity contribution in [3.63, 3.8) is 0 Å². The second kappa shape index (κ2) is 8.03. The third-order valence-corrected chi connectivity index (χ3v) is 4.78. The summed E-state index contributed by atoms with van der Waals surface area (Å²) in [7, 11) is 0. The van der Waals surface area contributed by atoms with Crippen LogP contribution in [0, 0.1) is 0 Å². The van der Waals surface area contributed by atoms with Gasteiger partial charge in [0.2, 0.25) is 5.13 Å². The van der Waals surface area contributed by atoms with Gasteiger partial charge in [0.1, 0.15) is 11.5 Å². The Morgan fingerprint density at radius 1 is 1.17 bits per heavy atom. The zero-order valence-electron chi connectivity index (χ0n) is 13.8. The van der Waals surface area contributed by atoms with Crippen LogP contribution in [0.15, 0.2) is 47.2 Å². The molecule has 6 nitrogen and oxygen atoms in total. The minimum Gasteiger partial charge on any atom is -0.468 e. The average Bonchev–Trinajstić information content (AvgIpc) is 3.31. The van der Waals surface area contributed by atoms with Crippen LogP contribution in [0.4, 0.5) is 5.13 Å². The fourth-order valence-corrected chi connectivity index (χ4v) is 3.35. The Bertz CT molecular complexity index is 725. The largest absolute Gasteiger partial charge is 0.468 e. The summed E-state index contributed by atoms with van der Waals surface area (Å²) in [6, 6.07) is 9.88. The van der Waals surface area contributed by atoms with Crippen molar-refractivity contribution >= 4 is 16.5 Å². The summed E-state index contributed by atoms with van der Waals surface area (Å²) >= 11 is 1.51. The summed E-state index contributed by atoms with van der Waals surface area (Å²) in [5.74, 6) is 0.959. The van der Waals surface area contributed by atoms with Crippen LogP contribution in [-0.4, -0.2) is 39.7 Å². The van der Waals surface area contributed by atoms with E-state index in [0.717, 1.165) is 34.7 Å². The number of anilines is 1. The molecule has 0 radical (unpaired) electrons. The van der Waals surface area contributed by atoms with E-state index in [1.165, 1.54) is 11.3 Å². The molecule has 0 amide bonds. The number of furan rings is 1. The summed E-state index contributed by atoms with van der Waals surface area (Å²) in [5, 5.41) is 13.4. The monoisotopic (exact) mass is 343 g/mol. The topological polar surface area (TPSA) is 67.1 Å². The molecule has 3 aromatic heterocycles. The van der Waals surface area contributed by atoms with E-state index < -0.39 is 0 Å². The first kappa shape index (κ1) is 16.6. The van der Waals surface area contributed by atoms with Crippen LogP contribution < -0.4 is 5.32 Å². The molecule has 0 bridgehead atoms. The molecule has 3 rings (SSSR count). The Hall–Kier alpha value is -2.25. The molecule has 0 spiro atoms. The molecule has 1 atom stereocenters. The van der Waals surface area contributed by atoms with Gasteiger partial charge in [0.15, 0.2) is 5.01 Å². The highest BCUT2D eigenvalue weighted by atomic mass is 32.1. The van der Waals surface area contributed by atoms with Crippen molar-refractivity contribution in [3.8, 4) is 10.7 Å². The molecule has 0 aliphatic carbocycles. The first-order valence-electron chi connectivity index (χ1n) is 8.08. The van der Waals surface area contributed by atoms with Gasteiger partial charge in [0.05, 0.1) is 12.3 Å². The Morgan fingerprint density at radius 3 is 2.71 bits per heavy atom. The lowest BCUT2D eigenvalue weighted by molar-refractivity contribution is 0.202. The number of hydrogen-bond donors (Lipinski definition) is 1. The molecule has 24 heavy (non-hydrogen) atoms. The molecular weight excluding hydrogens is 322 g/mol. The van der Waals surface area contributed by atoms with Gasteiger partial charge in [-0.25, -0.2) is 0 Å². The average molecular weight is 343 g/mol. The lowest BCUT2D eigenvalue weighted by Crippen LogP contribution is -2.32. The molecule has 7 heteroatoms. The van der Waals surface area contributed by atoms with E-state index in [2.05, 4.69) is 39.2 Å². The maximum absolute atomic E-state index is 5.62. The Balaban J connectivity index is 1.70. The third kappa shape index (κ3) is 3.80. The molecule has 126 valence electrons. The second-order valence-electron chi connectivity index (χ2n) is 5.26. The molecule has 1 N–H and O–H groups in total. The third-order valence-electron chi connectivity index (χ3n) is 3.88. The van der Waals surface area contributed by atoms with Crippen molar-refractivity contribution in [2.75, 3.05) is 25.0 Å². The zero-order chi connectivity index (χ0) is 16.8. The van der Waals surface area contributed by atoms with Crippen LogP contribution in [0.3, 0.4) is 0 Å². The highest BCUT2D eigenvalue weighted by molar-refractivity contribution is 7.18. The second-order valence-corrected chi connectivity index (χ2v) is 6.24. The van der Waals surface area contributed by atoms with E-state index in [1.54, 1.807) is 12.5 Å². The molecule has 3 heterocycles. The molecule has 1 unspecified atom stereocenters. The highest BCUT2D eigenvalue weighted by Gasteiger charge is 2.21. The maximum atomic E-state index is 5.62. The van der Waals surface area contributed by atoms with E-state index >= 15 is 0 Å². The van der Waals surface area contributed by atoms with Gasteiger partial charge in [-0.1, -0.05) is 31.3 Å². The predicted molar refractivity (Wildman–Crippen MR) is 96.0 cm³/mol. The van der Waals surface area contributed by atoms with Gasteiger partial charge in [-0.3, -0.25) is 9.88 Å². The van der Waals surface area contributed by atoms with E-state index in [-0.39, 0.29) is 6.04 Å². The number of rotatable bonds is 8. The standard InChI is InChI=1S/C17H21N5OS/c1-3-22(4-2)14(15-9-7-11-23-15)12-19-17-21-20-16(24-17)13-8-5-6-10-18-13/h5-11,14H,3-4,12H2,1-2H3,(H,19,21). The lowest BCUT2D eigenvalue weighted by atomic mass is 10.2. The maximum Gasteiger partial charge on any atom is 0.206 e. The van der Waals surface area contributed by atoms with Crippen LogP contribution in [0.5, 0.6) is 0 Å². The van der Waals surface area contributed by atoms with E-state index in [9.17, 15) is 0 Å². The predicted octanol–water partition coefficient (Wildman–Crippen LogP) is 3.69. The smallest absolute Gasteiger partial charge is 0.206 e. The van der Waals surface area contributed by atoms with E-state index in [0.29, 0.717) is 6.54 Å². The molecule has 0 aliphatic rings. The van der Waals surface area contributed by atoms with Crippen molar-refractivity contribution < 1.29 is 4.42 Å². The normalized spacial score (nSPS) is 12.5. The van der Waals surface area contributed by atoms with Gasteiger partial charge in [-0.2, -0.15) is 0 Å². The van der Waals surface area contributed by atoms with Crippen molar-refractivity contribution in [1.29, 1.82) is 0 Å². The van der Waals surface area contributed by atoms with Crippen LogP contribution in [-0.2, 0) is 0 Å². The summed E-state index contributed by atoms with van der Waals surface area (Å²) in [5.41, 5.74) is 0.842. The first-order chi connectivity index (χ1) is 11.8. The number of nitrogens with zero attached hydrogens (tertiary/aromatic N) is 4. The fourth-order valence-electron chi connectivity index (χ4n) is 2.63. The number of nitrogens with one attached hydrogen (secondary N) is 1. The van der Waals surface area contributed by atoms with E-state index in [1.807, 2.05) is 30.3 Å². The highest BCUT2D eigenvalue weighted by Crippen LogP contribution is 2.26. The lowest BCUT2D eigenvalue weighted by Gasteiger charge is -2.28. The Kier molecular flexibility index (Phi) is 5.55. The number of hydrogen-bond acceptors (Lipinski definition) is 7. The summed E-state index contributed by atoms with van der Waals surface area (Å²) < 4.78 is 5.62. The van der Waals surface area contributed by atoms with E-state index in [4.69, 9.17) is 4.42 Å². The fraction of sp³-hybridized carbons (Fsp3) is 0.353. The van der Waals surface area contributed by atoms with Gasteiger partial charge in [-0.05, 0) is 37.4 Å². The first-order valence-corrected chi connectivity index (χ1v) is 8.89. The van der Waals surface area contributed by atoms with Gasteiger partial charge in [0.25, 0.3) is 0 Å². The molecule has 0 aliphatic heterocycles. The Morgan fingerprint density at radius 2 is 2.04 bits per heavy atom. The Labute approximate surface area is 145 Å². The SMILES string of the molecule is CCN(CC)C(CNc1nnc(-c2ccccn2)s1)c1ccco1. The summed E-state index contributed by atoms with van der Waals surface area (Å²) in [6.07, 6.45) is 3.48. The molecule has 0 saturated heterocycles. The van der Waals surface area contributed by atoms with Crippen molar-refractivity contribution in [1.82, 2.24) is 20.1 Å². The quantitative estimate of drug-likeness (QED) is 0.673. The van der Waals surface area contributed by atoms with Crippen molar-refractivity contribution in [2.24, 2.45) is 0 Å². The van der Waals surface area contributed by atoms with Crippen LogP contribution in [0.25, 0.3) is 10.7 Å². The summed E-state index contributed by atoms with van der Waals surface area (Å²) in [4.78, 5) is 6.66. The van der Waals surface area contributed by atoms with Crippen molar-refractivity contribution in [3.05, 3.63) is 48.6 Å². The van der Waals surface area contributed by atoms with Gasteiger partial charge >= 0.3 is 0 Å². The number of likely N-dealkylation sites (N-methyl/N-ethyl adjacent to an activating group) is 1. The number of aromatic nitrogens is 3. The summed E-state index contributed by atoms with van der Waals surface area (Å²) in [6.45, 7) is 6.94.